The van der Waals surface area contributed by atoms with Crippen molar-refractivity contribution in [3.05, 3.63) is 17.3 Å². The quantitative estimate of drug-likeness (QED) is 0.790. The molecule has 1 aliphatic carbocycles. The Morgan fingerprint density at radius 3 is 2.62 bits per heavy atom. The highest BCUT2D eigenvalue weighted by Crippen LogP contribution is 2.46. The Kier molecular flexibility index (Phi) is 4.31. The number of nitriles is 1. The van der Waals surface area contributed by atoms with Crippen molar-refractivity contribution in [3.8, 4) is 6.07 Å². The van der Waals surface area contributed by atoms with Gasteiger partial charge >= 0.3 is 0 Å². The zero-order chi connectivity index (χ0) is 18.3. The van der Waals surface area contributed by atoms with Gasteiger partial charge in [-0.05, 0) is 37.4 Å². The minimum Gasteiger partial charge on any atom is -0.353 e. The molecule has 26 heavy (non-hydrogen) atoms. The molecule has 1 saturated heterocycles. The van der Waals surface area contributed by atoms with Crippen LogP contribution in [0.3, 0.4) is 0 Å². The van der Waals surface area contributed by atoms with E-state index in [0.717, 1.165) is 43.3 Å². The Hall–Kier alpha value is -2.20. The first-order chi connectivity index (χ1) is 12.5. The lowest BCUT2D eigenvalue weighted by atomic mass is 9.62. The van der Waals surface area contributed by atoms with Crippen molar-refractivity contribution in [2.24, 2.45) is 11.3 Å². The Morgan fingerprint density at radius 2 is 1.96 bits per heavy atom. The summed E-state index contributed by atoms with van der Waals surface area (Å²) < 4.78 is 0. The molecule has 1 amide bonds. The lowest BCUT2D eigenvalue weighted by molar-refractivity contribution is -0.146. The van der Waals surface area contributed by atoms with E-state index in [4.69, 9.17) is 0 Å². The van der Waals surface area contributed by atoms with Crippen LogP contribution in [0.4, 0.5) is 5.82 Å². The van der Waals surface area contributed by atoms with Crippen LogP contribution in [-0.2, 0) is 17.8 Å². The first-order valence-corrected chi connectivity index (χ1v) is 9.50. The third-order valence-corrected chi connectivity index (χ3v) is 6.06. The predicted molar refractivity (Wildman–Crippen MR) is 97.3 cm³/mol. The summed E-state index contributed by atoms with van der Waals surface area (Å²) in [6.45, 7) is 7.21. The number of likely N-dealkylation sites (N-methyl/N-ethyl adjacent to an activating group) is 1. The molecule has 1 aromatic heterocycles. The predicted octanol–water partition coefficient (Wildman–Crippen LogP) is 1.05. The minimum atomic E-state index is -0.794. The van der Waals surface area contributed by atoms with Crippen molar-refractivity contribution in [3.63, 3.8) is 0 Å². The average Bonchev–Trinajstić information content (AvgIpc) is 2.64. The number of carbonyl (C=O) groups is 1. The molecule has 0 bridgehead atoms. The summed E-state index contributed by atoms with van der Waals surface area (Å²) in [4.78, 5) is 19.4. The SMILES string of the molecule is CC1CC(C#N)(C(=O)N2CCc3nnc(N4CCN(C)CC4)cc3C2)C1. The van der Waals surface area contributed by atoms with Crippen molar-refractivity contribution >= 4 is 11.7 Å². The fourth-order valence-electron chi connectivity index (χ4n) is 4.43. The number of piperazine rings is 1. The summed E-state index contributed by atoms with van der Waals surface area (Å²) in [6.07, 6.45) is 2.09. The summed E-state index contributed by atoms with van der Waals surface area (Å²) >= 11 is 0. The Balaban J connectivity index is 1.50. The largest absolute Gasteiger partial charge is 0.353 e. The molecular formula is C19H26N6O. The molecule has 0 unspecified atom stereocenters. The second-order valence-electron chi connectivity index (χ2n) is 8.15. The molecule has 4 rings (SSSR count). The molecule has 0 N–H and O–H groups in total. The highest BCUT2D eigenvalue weighted by Gasteiger charge is 2.51. The molecule has 1 aromatic rings. The molecule has 0 radical (unpaired) electrons. The van der Waals surface area contributed by atoms with Crippen LogP contribution in [0.1, 0.15) is 31.0 Å². The smallest absolute Gasteiger partial charge is 0.243 e. The van der Waals surface area contributed by atoms with Gasteiger partial charge in [0.05, 0.1) is 11.8 Å². The van der Waals surface area contributed by atoms with E-state index in [1.807, 2.05) is 4.90 Å². The van der Waals surface area contributed by atoms with Gasteiger partial charge in [0.15, 0.2) is 5.82 Å². The van der Waals surface area contributed by atoms with E-state index in [2.05, 4.69) is 46.1 Å². The van der Waals surface area contributed by atoms with Gasteiger partial charge in [-0.3, -0.25) is 4.79 Å². The molecular weight excluding hydrogens is 328 g/mol. The summed E-state index contributed by atoms with van der Waals surface area (Å²) in [5, 5.41) is 18.4. The molecule has 7 heteroatoms. The number of hydrogen-bond donors (Lipinski definition) is 0. The zero-order valence-corrected chi connectivity index (χ0v) is 15.6. The normalized spacial score (nSPS) is 28.9. The standard InChI is InChI=1S/C19H26N6O/c1-14-10-19(11-14,13-20)18(26)25-4-3-16-15(12-25)9-17(22-21-16)24-7-5-23(2)6-8-24/h9,14H,3-8,10-12H2,1-2H3. The van der Waals surface area contributed by atoms with E-state index in [1.54, 1.807) is 0 Å². The molecule has 3 heterocycles. The maximum atomic E-state index is 13.0. The van der Waals surface area contributed by atoms with Crippen molar-refractivity contribution < 1.29 is 4.79 Å². The number of amides is 1. The second-order valence-corrected chi connectivity index (χ2v) is 8.15. The van der Waals surface area contributed by atoms with Crippen molar-refractivity contribution in [2.45, 2.75) is 32.7 Å². The Bertz CT molecular complexity index is 743. The van der Waals surface area contributed by atoms with Crippen LogP contribution in [-0.4, -0.2) is 65.7 Å². The van der Waals surface area contributed by atoms with Gasteiger partial charge in [0, 0.05) is 45.7 Å². The second kappa shape index (κ2) is 6.51. The van der Waals surface area contributed by atoms with E-state index in [-0.39, 0.29) is 5.91 Å². The van der Waals surface area contributed by atoms with Gasteiger partial charge in [0.1, 0.15) is 5.41 Å². The third-order valence-electron chi connectivity index (χ3n) is 6.06. The summed E-state index contributed by atoms with van der Waals surface area (Å²) in [6, 6.07) is 4.39. The number of hydrogen-bond acceptors (Lipinski definition) is 6. The third kappa shape index (κ3) is 2.92. The van der Waals surface area contributed by atoms with Gasteiger partial charge in [-0.15, -0.1) is 5.10 Å². The zero-order valence-electron chi connectivity index (χ0n) is 15.6. The Morgan fingerprint density at radius 1 is 1.23 bits per heavy atom. The summed E-state index contributed by atoms with van der Waals surface area (Å²) in [7, 11) is 2.13. The molecule has 1 saturated carbocycles. The van der Waals surface area contributed by atoms with Crippen LogP contribution in [0, 0.1) is 22.7 Å². The summed E-state index contributed by atoms with van der Waals surface area (Å²) in [5.41, 5.74) is 1.27. The van der Waals surface area contributed by atoms with Gasteiger partial charge in [0.25, 0.3) is 0 Å². The van der Waals surface area contributed by atoms with E-state index in [1.165, 1.54) is 0 Å². The van der Waals surface area contributed by atoms with Crippen LogP contribution < -0.4 is 4.90 Å². The van der Waals surface area contributed by atoms with Crippen molar-refractivity contribution in [1.82, 2.24) is 20.0 Å². The van der Waals surface area contributed by atoms with E-state index >= 15 is 0 Å². The van der Waals surface area contributed by atoms with E-state index in [0.29, 0.717) is 38.3 Å². The maximum Gasteiger partial charge on any atom is 0.243 e. The summed E-state index contributed by atoms with van der Waals surface area (Å²) in [5.74, 6) is 1.37. The molecule has 0 spiro atoms. The fraction of sp³-hybridized carbons (Fsp3) is 0.684. The highest BCUT2D eigenvalue weighted by atomic mass is 16.2. The number of anilines is 1. The lowest BCUT2D eigenvalue weighted by Gasteiger charge is -2.43. The van der Waals surface area contributed by atoms with Crippen molar-refractivity contribution in [2.75, 3.05) is 44.7 Å². The average molecular weight is 354 g/mol. The topological polar surface area (TPSA) is 76.4 Å². The lowest BCUT2D eigenvalue weighted by Crippen LogP contribution is -2.51. The molecule has 7 nitrogen and oxygen atoms in total. The van der Waals surface area contributed by atoms with Crippen LogP contribution in [0.15, 0.2) is 6.07 Å². The number of carbonyl (C=O) groups excluding carboxylic acids is 1. The van der Waals surface area contributed by atoms with Crippen LogP contribution in [0.2, 0.25) is 0 Å². The monoisotopic (exact) mass is 354 g/mol. The molecule has 0 aromatic carbocycles. The number of rotatable bonds is 2. The van der Waals surface area contributed by atoms with Crippen LogP contribution in [0.5, 0.6) is 0 Å². The fourth-order valence-corrected chi connectivity index (χ4v) is 4.43. The van der Waals surface area contributed by atoms with Crippen LogP contribution >= 0.6 is 0 Å². The maximum absolute atomic E-state index is 13.0. The van der Waals surface area contributed by atoms with Gasteiger partial charge < -0.3 is 14.7 Å². The molecule has 3 aliphatic rings. The molecule has 2 fully saturated rings. The van der Waals surface area contributed by atoms with Gasteiger partial charge in [-0.2, -0.15) is 10.4 Å². The van der Waals surface area contributed by atoms with Crippen LogP contribution in [0.25, 0.3) is 0 Å². The van der Waals surface area contributed by atoms with Crippen molar-refractivity contribution in [1.29, 1.82) is 5.26 Å². The Labute approximate surface area is 154 Å². The molecule has 0 atom stereocenters. The number of nitrogens with zero attached hydrogens (tertiary/aromatic N) is 6. The van der Waals surface area contributed by atoms with Gasteiger partial charge in [-0.25, -0.2) is 0 Å². The van der Waals surface area contributed by atoms with Gasteiger partial charge in [0.2, 0.25) is 5.91 Å². The first kappa shape index (κ1) is 17.2. The molecule has 138 valence electrons. The molecule has 2 aliphatic heterocycles. The highest BCUT2D eigenvalue weighted by molar-refractivity contribution is 5.86. The number of fused-ring (bicyclic) bond motifs is 1. The number of aromatic nitrogens is 2. The van der Waals surface area contributed by atoms with E-state index < -0.39 is 5.41 Å². The minimum absolute atomic E-state index is 0.00158. The first-order valence-electron chi connectivity index (χ1n) is 9.50. The van der Waals surface area contributed by atoms with Gasteiger partial charge in [-0.1, -0.05) is 6.92 Å². The van der Waals surface area contributed by atoms with E-state index in [9.17, 15) is 10.1 Å².